The zero-order chi connectivity index (χ0) is 27.8. The fourth-order valence-corrected chi connectivity index (χ4v) is 6.12. The second-order valence-corrected chi connectivity index (χ2v) is 11.5. The Morgan fingerprint density at radius 1 is 0.925 bits per heavy atom. The number of rotatable bonds is 5. The van der Waals surface area contributed by atoms with Crippen molar-refractivity contribution in [2.45, 2.75) is 45.1 Å². The molecule has 2 heterocycles. The molecule has 2 aliphatic heterocycles. The van der Waals surface area contributed by atoms with Gasteiger partial charge in [0.1, 0.15) is 23.9 Å². The zero-order valence-corrected chi connectivity index (χ0v) is 23.8. The Balaban J connectivity index is 1.27. The average Bonchev–Trinajstić information content (AvgIpc) is 2.96. The van der Waals surface area contributed by atoms with Crippen molar-refractivity contribution >= 4 is 17.5 Å². The van der Waals surface area contributed by atoms with Gasteiger partial charge in [0, 0.05) is 43.3 Å². The lowest BCUT2D eigenvalue weighted by Gasteiger charge is -2.45. The summed E-state index contributed by atoms with van der Waals surface area (Å²) in [5.41, 5.74) is 2.02. The molecule has 40 heavy (non-hydrogen) atoms. The first-order valence-corrected chi connectivity index (χ1v) is 14.7. The molecule has 212 valence electrons. The number of halogens is 2. The van der Waals surface area contributed by atoms with Crippen LogP contribution in [0.5, 0.6) is 11.5 Å². The number of likely N-dealkylation sites (tertiary alicyclic amines) is 1. The van der Waals surface area contributed by atoms with Crippen molar-refractivity contribution in [1.82, 2.24) is 9.80 Å². The molecule has 1 fully saturated rings. The molecule has 5 rings (SSSR count). The highest BCUT2D eigenvalue weighted by Gasteiger charge is 2.37. The van der Waals surface area contributed by atoms with Gasteiger partial charge in [-0.3, -0.25) is 9.69 Å². The van der Waals surface area contributed by atoms with Crippen LogP contribution in [0.15, 0.2) is 72.8 Å². The number of nitrogens with zero attached hydrogens (tertiary/aromatic N) is 2. The zero-order valence-electron chi connectivity index (χ0n) is 23.0. The number of hydrogen-bond donors (Lipinski definition) is 0. The normalized spacial score (nSPS) is 18.2. The van der Waals surface area contributed by atoms with Crippen LogP contribution in [0.4, 0.5) is 4.39 Å². The van der Waals surface area contributed by atoms with Crippen LogP contribution in [0.25, 0.3) is 0 Å². The van der Waals surface area contributed by atoms with E-state index in [1.165, 1.54) is 11.6 Å². The van der Waals surface area contributed by atoms with Crippen LogP contribution in [-0.2, 0) is 17.8 Å². The maximum atomic E-state index is 14.7. The van der Waals surface area contributed by atoms with E-state index in [1.807, 2.05) is 29.2 Å². The fourth-order valence-electron chi connectivity index (χ4n) is 5.99. The molecule has 0 unspecified atom stereocenters. The van der Waals surface area contributed by atoms with Crippen LogP contribution in [-0.4, -0.2) is 55.1 Å². The molecule has 1 spiro atoms. The second kappa shape index (κ2) is 13.5. The topological polar surface area (TPSA) is 42.0 Å². The van der Waals surface area contributed by atoms with E-state index in [4.69, 9.17) is 21.1 Å². The number of amides is 1. The fraction of sp³-hybridized carbons (Fsp3) is 0.424. The quantitative estimate of drug-likeness (QED) is 0.343. The summed E-state index contributed by atoms with van der Waals surface area (Å²) >= 11 is 5.95. The molecule has 0 bridgehead atoms. The Morgan fingerprint density at radius 2 is 1.68 bits per heavy atom. The molecule has 0 radical (unpaired) electrons. The lowest BCUT2D eigenvalue weighted by atomic mass is 9.73. The Hall–Kier alpha value is -3.09. The molecule has 0 aromatic heterocycles. The number of ether oxygens (including phenoxy) is 2. The number of carbonyl (C=O) groups excluding carboxylic acids is 1. The van der Waals surface area contributed by atoms with Crippen molar-refractivity contribution in [3.8, 4) is 11.5 Å². The first-order valence-electron chi connectivity index (χ1n) is 14.3. The third-order valence-electron chi connectivity index (χ3n) is 8.30. The summed E-state index contributed by atoms with van der Waals surface area (Å²) in [6.07, 6.45) is 6.13. The Kier molecular flexibility index (Phi) is 9.61. The number of hydrogen-bond acceptors (Lipinski definition) is 4. The molecular weight excluding hydrogens is 527 g/mol. The third-order valence-corrected chi connectivity index (χ3v) is 8.56. The van der Waals surface area contributed by atoms with Gasteiger partial charge >= 0.3 is 0 Å². The summed E-state index contributed by atoms with van der Waals surface area (Å²) < 4.78 is 26.6. The van der Waals surface area contributed by atoms with Crippen molar-refractivity contribution in [1.29, 1.82) is 0 Å². The lowest BCUT2D eigenvalue weighted by Crippen LogP contribution is -2.49. The largest absolute Gasteiger partial charge is 0.492 e. The van der Waals surface area contributed by atoms with Crippen molar-refractivity contribution in [2.24, 2.45) is 5.41 Å². The Morgan fingerprint density at radius 3 is 2.48 bits per heavy atom. The monoisotopic (exact) mass is 564 g/mol. The van der Waals surface area contributed by atoms with Gasteiger partial charge in [-0.05, 0) is 79.5 Å². The van der Waals surface area contributed by atoms with E-state index in [1.54, 1.807) is 30.3 Å². The van der Waals surface area contributed by atoms with Crippen LogP contribution < -0.4 is 9.47 Å². The molecule has 3 aromatic carbocycles. The van der Waals surface area contributed by atoms with E-state index in [0.717, 1.165) is 50.8 Å². The molecule has 3 aromatic rings. The van der Waals surface area contributed by atoms with Gasteiger partial charge in [0.25, 0.3) is 5.91 Å². The smallest absolute Gasteiger partial charge is 0.260 e. The molecular formula is C33H38ClFN2O3. The molecule has 2 aliphatic rings. The van der Waals surface area contributed by atoms with Crippen molar-refractivity contribution in [3.05, 3.63) is 94.8 Å². The predicted octanol–water partition coefficient (Wildman–Crippen LogP) is 6.77. The van der Waals surface area contributed by atoms with Crippen LogP contribution >= 0.6 is 11.6 Å². The standard InChI is InChI=1S/C33H38ClFN2O3/c34-28-12-14-29(15-13-28)40-24-32(38)37-19-17-33(18-20-37)16-6-5-8-26-7-2-4-11-31(26)39-22-21-36(25-33)23-27-9-1-3-10-30(27)35/h1-4,7,9-15H,5-6,8,16-25H2. The van der Waals surface area contributed by atoms with Gasteiger partial charge < -0.3 is 14.4 Å². The predicted molar refractivity (Wildman–Crippen MR) is 156 cm³/mol. The van der Waals surface area contributed by atoms with Gasteiger partial charge in [-0.1, -0.05) is 54.4 Å². The highest BCUT2D eigenvalue weighted by atomic mass is 35.5. The number of fused-ring (bicyclic) bond motifs is 1. The van der Waals surface area contributed by atoms with E-state index < -0.39 is 0 Å². The molecule has 0 saturated carbocycles. The summed E-state index contributed by atoms with van der Waals surface area (Å²) in [4.78, 5) is 17.3. The Labute approximate surface area is 241 Å². The maximum Gasteiger partial charge on any atom is 0.260 e. The number of benzene rings is 3. The van der Waals surface area contributed by atoms with Crippen molar-refractivity contribution < 1.29 is 18.7 Å². The number of aryl methyl sites for hydroxylation is 1. The molecule has 0 atom stereocenters. The van der Waals surface area contributed by atoms with Gasteiger partial charge in [-0.15, -0.1) is 0 Å². The minimum Gasteiger partial charge on any atom is -0.492 e. The van der Waals surface area contributed by atoms with Gasteiger partial charge in [0.05, 0.1) is 0 Å². The lowest BCUT2D eigenvalue weighted by molar-refractivity contribution is -0.136. The van der Waals surface area contributed by atoms with Crippen LogP contribution in [0.1, 0.15) is 43.2 Å². The van der Waals surface area contributed by atoms with Crippen LogP contribution in [0.3, 0.4) is 0 Å². The molecule has 7 heteroatoms. The summed E-state index contributed by atoms with van der Waals surface area (Å²) in [5, 5.41) is 0.636. The summed E-state index contributed by atoms with van der Waals surface area (Å²) in [6.45, 7) is 4.08. The SMILES string of the molecule is O=C(COc1ccc(Cl)cc1)N1CCC2(CCCCc3ccccc3OCCN(Cc3ccccc3F)C2)CC1. The van der Waals surface area contributed by atoms with Gasteiger partial charge in [0.2, 0.25) is 0 Å². The van der Waals surface area contributed by atoms with Crippen molar-refractivity contribution in [2.75, 3.05) is 39.4 Å². The van der Waals surface area contributed by atoms with E-state index >= 15 is 0 Å². The van der Waals surface area contributed by atoms with Crippen LogP contribution in [0, 0.1) is 11.2 Å². The van der Waals surface area contributed by atoms with Crippen LogP contribution in [0.2, 0.25) is 5.02 Å². The molecule has 5 nitrogen and oxygen atoms in total. The van der Waals surface area contributed by atoms with E-state index in [-0.39, 0.29) is 23.7 Å². The minimum absolute atomic E-state index is 0.00572. The van der Waals surface area contributed by atoms with Crippen molar-refractivity contribution in [3.63, 3.8) is 0 Å². The average molecular weight is 565 g/mol. The highest BCUT2D eigenvalue weighted by Crippen LogP contribution is 2.39. The summed E-state index contributed by atoms with van der Waals surface area (Å²) in [6, 6.07) is 22.4. The Bertz CT molecular complexity index is 1260. The summed E-state index contributed by atoms with van der Waals surface area (Å²) in [5.74, 6) is 1.43. The molecule has 1 saturated heterocycles. The minimum atomic E-state index is -0.171. The van der Waals surface area contributed by atoms with Gasteiger partial charge in [-0.2, -0.15) is 0 Å². The number of piperidine rings is 1. The molecule has 0 N–H and O–H groups in total. The van der Waals surface area contributed by atoms with E-state index in [2.05, 4.69) is 17.0 Å². The molecule has 0 aliphatic carbocycles. The number of carbonyl (C=O) groups is 1. The van der Waals surface area contributed by atoms with E-state index in [9.17, 15) is 9.18 Å². The highest BCUT2D eigenvalue weighted by molar-refractivity contribution is 6.30. The number of para-hydroxylation sites is 1. The first kappa shape index (κ1) is 28.4. The summed E-state index contributed by atoms with van der Waals surface area (Å²) in [7, 11) is 0. The maximum absolute atomic E-state index is 14.7. The van der Waals surface area contributed by atoms with Gasteiger partial charge in [0.15, 0.2) is 6.61 Å². The first-order chi connectivity index (χ1) is 19.5. The molecule has 1 amide bonds. The van der Waals surface area contributed by atoms with Gasteiger partial charge in [-0.25, -0.2) is 4.39 Å². The second-order valence-electron chi connectivity index (χ2n) is 11.1. The third kappa shape index (κ3) is 7.55. The van der Waals surface area contributed by atoms with E-state index in [0.29, 0.717) is 49.1 Å².